The highest BCUT2D eigenvalue weighted by molar-refractivity contribution is 7.89. The number of benzene rings is 1. The van der Waals surface area contributed by atoms with Crippen LogP contribution in [-0.2, 0) is 37.1 Å². The first-order valence-electron chi connectivity index (χ1n) is 18.5. The second-order valence-electron chi connectivity index (χ2n) is 15.7. The Hall–Kier alpha value is -4.99. The zero-order valence-corrected chi connectivity index (χ0v) is 33.7. The molecule has 0 saturated carbocycles. The van der Waals surface area contributed by atoms with E-state index in [2.05, 4.69) is 29.9 Å². The number of ketones is 1. The predicted octanol–water partition coefficient (Wildman–Crippen LogP) is 5.54. The number of hydrogen-bond donors (Lipinski definition) is 1. The Kier molecular flexibility index (Phi) is 14.8. The van der Waals surface area contributed by atoms with Crippen molar-refractivity contribution >= 4 is 33.7 Å². The fraction of sp³-hybridized carbons (Fsp3) is 0.538. The topological polar surface area (TPSA) is 186 Å². The third kappa shape index (κ3) is 14.3. The Balaban J connectivity index is 0.000000265. The van der Waals surface area contributed by atoms with Gasteiger partial charge in [0.25, 0.3) is 10.0 Å². The molecular formula is C39H54N8O7S. The normalized spacial score (nSPS) is 16.1. The molecule has 0 unspecified atom stereocenters. The highest BCUT2D eigenvalue weighted by atomic mass is 32.2. The van der Waals surface area contributed by atoms with E-state index in [1.165, 1.54) is 12.7 Å². The molecule has 2 aliphatic rings. The zero-order chi connectivity index (χ0) is 40.2. The Morgan fingerprint density at radius 2 is 1.18 bits per heavy atom. The van der Waals surface area contributed by atoms with E-state index in [4.69, 9.17) is 9.47 Å². The van der Waals surface area contributed by atoms with Crippen molar-refractivity contribution in [1.29, 1.82) is 0 Å². The largest absolute Gasteiger partial charge is 0.444 e. The van der Waals surface area contributed by atoms with Gasteiger partial charge in [-0.3, -0.25) is 4.79 Å². The van der Waals surface area contributed by atoms with Crippen LogP contribution in [0.5, 0.6) is 0 Å². The van der Waals surface area contributed by atoms with E-state index in [1.807, 2.05) is 48.5 Å². The number of rotatable bonds is 9. The van der Waals surface area contributed by atoms with Crippen LogP contribution in [0.15, 0.2) is 71.4 Å². The summed E-state index contributed by atoms with van der Waals surface area (Å²) in [7, 11) is -3.80. The van der Waals surface area contributed by atoms with Gasteiger partial charge in [0.1, 0.15) is 29.6 Å². The van der Waals surface area contributed by atoms with Gasteiger partial charge in [0, 0.05) is 74.7 Å². The fourth-order valence-corrected chi connectivity index (χ4v) is 6.79. The van der Waals surface area contributed by atoms with E-state index in [9.17, 15) is 22.8 Å². The molecule has 1 N–H and O–H groups in total. The van der Waals surface area contributed by atoms with Gasteiger partial charge in [0.05, 0.1) is 10.6 Å². The lowest BCUT2D eigenvalue weighted by Gasteiger charge is -2.33. The maximum Gasteiger partial charge on any atom is 0.410 e. The number of amides is 2. The number of sulfonamides is 1. The molecule has 0 atom stereocenters. The fourth-order valence-electron chi connectivity index (χ4n) is 5.95. The van der Waals surface area contributed by atoms with Gasteiger partial charge in [-0.15, -0.1) is 0 Å². The van der Waals surface area contributed by atoms with Gasteiger partial charge in [-0.05, 0) is 98.4 Å². The summed E-state index contributed by atoms with van der Waals surface area (Å²) in [6, 6.07) is 10.1. The molecule has 4 heterocycles. The second-order valence-corrected chi connectivity index (χ2v) is 17.4. The molecule has 0 spiro atoms. The van der Waals surface area contributed by atoms with Gasteiger partial charge in [-0.25, -0.2) is 34.4 Å². The number of likely N-dealkylation sites (tertiary alicyclic amines) is 2. The molecule has 2 amide bonds. The van der Waals surface area contributed by atoms with Crippen LogP contribution >= 0.6 is 0 Å². The molecule has 1 aromatic carbocycles. The number of aryl methyl sites for hydroxylation is 1. The van der Waals surface area contributed by atoms with E-state index in [1.54, 1.807) is 58.6 Å². The standard InChI is InChI=1S/C23H31N5O4S.C16H23N3O3/c1-17-5-7-20(8-6-17)33(30,31)27-26-21(15-19-9-12-24-16-25-19)18-10-13-28(14-11-18)22(29)32-23(2,3)4;1-16(2,3)22-15(21)19-8-5-12(6-9-19)14(20)10-13-4-7-17-11-18-13/h5-9,12,16,18,27H,10-11,13-15H2,1-4H3;4,7,11-12H,5-6,8-10H2,1-3H3/b26-21+;. The Bertz CT molecular complexity index is 1850. The first-order chi connectivity index (χ1) is 25.9. The Morgan fingerprint density at radius 3 is 1.62 bits per heavy atom. The van der Waals surface area contributed by atoms with Crippen LogP contribution in [0.1, 0.15) is 84.2 Å². The van der Waals surface area contributed by atoms with E-state index >= 15 is 0 Å². The lowest BCUT2D eigenvalue weighted by molar-refractivity contribution is -0.123. The molecule has 3 aromatic rings. The average molecular weight is 779 g/mol. The number of carbonyl (C=O) groups is 3. The van der Waals surface area contributed by atoms with Gasteiger partial charge < -0.3 is 19.3 Å². The van der Waals surface area contributed by atoms with Crippen molar-refractivity contribution in [2.75, 3.05) is 26.2 Å². The van der Waals surface area contributed by atoms with Crippen LogP contribution in [0, 0.1) is 18.8 Å². The zero-order valence-electron chi connectivity index (χ0n) is 32.9. The molecular weight excluding hydrogens is 725 g/mol. The quantitative estimate of drug-likeness (QED) is 0.212. The van der Waals surface area contributed by atoms with Crippen molar-refractivity contribution in [3.8, 4) is 0 Å². The molecule has 2 fully saturated rings. The minimum atomic E-state index is -3.80. The first-order valence-corrected chi connectivity index (χ1v) is 20.0. The number of Topliss-reactive ketones (excluding diaryl/α,β-unsaturated/α-hetero) is 1. The smallest absolute Gasteiger partial charge is 0.410 e. The predicted molar refractivity (Wildman–Crippen MR) is 206 cm³/mol. The number of aromatic nitrogens is 4. The molecule has 5 rings (SSSR count). The van der Waals surface area contributed by atoms with Gasteiger partial charge in [0.2, 0.25) is 0 Å². The van der Waals surface area contributed by atoms with E-state index in [-0.39, 0.29) is 34.7 Å². The Labute approximate surface area is 324 Å². The molecule has 2 aromatic heterocycles. The molecule has 2 saturated heterocycles. The number of nitrogens with one attached hydrogen (secondary N) is 1. The van der Waals surface area contributed by atoms with Gasteiger partial charge >= 0.3 is 12.2 Å². The number of hydrazone groups is 1. The monoisotopic (exact) mass is 778 g/mol. The van der Waals surface area contributed by atoms with Crippen molar-refractivity contribution in [2.24, 2.45) is 16.9 Å². The van der Waals surface area contributed by atoms with Crippen LogP contribution in [0.25, 0.3) is 0 Å². The first kappa shape index (κ1) is 42.7. The number of piperidine rings is 2. The van der Waals surface area contributed by atoms with E-state index < -0.39 is 21.2 Å². The molecule has 55 heavy (non-hydrogen) atoms. The van der Waals surface area contributed by atoms with Crippen LogP contribution in [0.2, 0.25) is 0 Å². The van der Waals surface area contributed by atoms with Gasteiger partial charge in [0.15, 0.2) is 0 Å². The van der Waals surface area contributed by atoms with Crippen molar-refractivity contribution in [3.05, 3.63) is 78.4 Å². The highest BCUT2D eigenvalue weighted by Gasteiger charge is 2.31. The minimum absolute atomic E-state index is 0.000583. The molecule has 0 radical (unpaired) electrons. The summed E-state index contributed by atoms with van der Waals surface area (Å²) in [6.07, 6.45) is 8.93. The highest BCUT2D eigenvalue weighted by Crippen LogP contribution is 2.24. The summed E-state index contributed by atoms with van der Waals surface area (Å²) in [4.78, 5) is 58.7. The third-order valence-corrected chi connectivity index (χ3v) is 10.1. The SMILES string of the molecule is CC(C)(C)OC(=O)N1CCC(C(=O)Cc2ccncn2)CC1.Cc1ccc(S(=O)(=O)N/N=C(\Cc2ccncn2)C2CCN(C(=O)OC(C)(C)C)CC2)cc1. The second kappa shape index (κ2) is 19.0. The van der Waals surface area contributed by atoms with E-state index in [0.29, 0.717) is 70.4 Å². The summed E-state index contributed by atoms with van der Waals surface area (Å²) < 4.78 is 36.3. The number of hydrogen-bond acceptors (Lipinski definition) is 12. The van der Waals surface area contributed by atoms with Crippen LogP contribution in [-0.4, -0.2) is 99.2 Å². The lowest BCUT2D eigenvalue weighted by atomic mass is 9.89. The molecule has 298 valence electrons. The van der Waals surface area contributed by atoms with Crippen molar-refractivity contribution in [3.63, 3.8) is 0 Å². The maximum absolute atomic E-state index is 12.7. The van der Waals surface area contributed by atoms with Gasteiger partial charge in [-0.2, -0.15) is 13.5 Å². The number of ether oxygens (including phenoxy) is 2. The van der Waals surface area contributed by atoms with Crippen LogP contribution in [0.3, 0.4) is 0 Å². The summed E-state index contributed by atoms with van der Waals surface area (Å²) in [5, 5.41) is 4.33. The molecule has 2 aliphatic heterocycles. The molecule has 15 nitrogen and oxygen atoms in total. The lowest BCUT2D eigenvalue weighted by Crippen LogP contribution is -2.43. The maximum atomic E-state index is 12.7. The number of carbonyl (C=O) groups excluding carboxylic acids is 3. The average Bonchev–Trinajstić information content (AvgIpc) is 3.13. The van der Waals surface area contributed by atoms with E-state index in [0.717, 1.165) is 17.0 Å². The van der Waals surface area contributed by atoms with Gasteiger partial charge in [-0.1, -0.05) is 17.7 Å². The third-order valence-electron chi connectivity index (χ3n) is 8.86. The molecule has 0 bridgehead atoms. The van der Waals surface area contributed by atoms with Crippen LogP contribution < -0.4 is 4.83 Å². The molecule has 0 aliphatic carbocycles. The summed E-state index contributed by atoms with van der Waals surface area (Å²) in [5.74, 6) is 0.176. The summed E-state index contributed by atoms with van der Waals surface area (Å²) in [5.41, 5.74) is 2.09. The number of nitrogens with zero attached hydrogens (tertiary/aromatic N) is 7. The van der Waals surface area contributed by atoms with Crippen LogP contribution in [0.4, 0.5) is 9.59 Å². The minimum Gasteiger partial charge on any atom is -0.444 e. The Morgan fingerprint density at radius 1 is 0.727 bits per heavy atom. The van der Waals surface area contributed by atoms with Crippen molar-refractivity contribution in [1.82, 2.24) is 34.6 Å². The van der Waals surface area contributed by atoms with Crippen molar-refractivity contribution in [2.45, 2.75) is 103 Å². The summed E-state index contributed by atoms with van der Waals surface area (Å²) >= 11 is 0. The molecule has 16 heteroatoms. The van der Waals surface area contributed by atoms with Crippen molar-refractivity contribution < 1.29 is 32.3 Å². The summed E-state index contributed by atoms with van der Waals surface area (Å²) in [6.45, 7) is 15.1.